The van der Waals surface area contributed by atoms with Crippen molar-refractivity contribution < 1.29 is 4.74 Å². The number of nitrogens with one attached hydrogen (secondary N) is 1. The van der Waals surface area contributed by atoms with E-state index >= 15 is 0 Å². The lowest BCUT2D eigenvalue weighted by Gasteiger charge is -2.09. The number of hydrazine groups is 1. The molecule has 0 amide bonds. The van der Waals surface area contributed by atoms with Crippen molar-refractivity contribution in [2.75, 3.05) is 12.5 Å². The molecule has 1 aromatic carbocycles. The normalized spacial score (nSPS) is 10.0. The van der Waals surface area contributed by atoms with Gasteiger partial charge in [-0.25, -0.2) is 0 Å². The van der Waals surface area contributed by atoms with Gasteiger partial charge in [-0.2, -0.15) is 9.78 Å². The Kier molecular flexibility index (Phi) is 3.06. The van der Waals surface area contributed by atoms with Crippen LogP contribution in [0.15, 0.2) is 41.3 Å². The average Bonchev–Trinajstić information content (AvgIpc) is 2.38. The highest BCUT2D eigenvalue weighted by Crippen LogP contribution is 2.19. The lowest BCUT2D eigenvalue weighted by molar-refractivity contribution is 0.411. The smallest absolute Gasteiger partial charge is 0.273 e. The molecule has 17 heavy (non-hydrogen) atoms. The van der Waals surface area contributed by atoms with Gasteiger partial charge >= 0.3 is 0 Å². The first-order chi connectivity index (χ1) is 8.26. The maximum atomic E-state index is 11.8. The molecule has 0 aliphatic rings. The van der Waals surface area contributed by atoms with Crippen LogP contribution in [0.4, 0.5) is 5.69 Å². The maximum Gasteiger partial charge on any atom is 0.273 e. The number of benzene rings is 1. The van der Waals surface area contributed by atoms with Gasteiger partial charge in [0.2, 0.25) is 0 Å². The quantitative estimate of drug-likeness (QED) is 0.595. The molecule has 6 heteroatoms. The number of anilines is 1. The molecule has 2 rings (SSSR count). The molecule has 0 fully saturated rings. The molecule has 2 aromatic rings. The van der Waals surface area contributed by atoms with Crippen molar-refractivity contribution in [2.45, 2.75) is 0 Å². The van der Waals surface area contributed by atoms with Crippen molar-refractivity contribution >= 4 is 5.69 Å². The summed E-state index contributed by atoms with van der Waals surface area (Å²) in [7, 11) is 1.54. The Balaban J connectivity index is 2.57. The van der Waals surface area contributed by atoms with Crippen LogP contribution < -0.4 is 21.6 Å². The van der Waals surface area contributed by atoms with Crippen LogP contribution in [-0.4, -0.2) is 16.9 Å². The number of nitrogen functional groups attached to an aromatic ring is 1. The van der Waals surface area contributed by atoms with Gasteiger partial charge in [0.25, 0.3) is 5.56 Å². The fraction of sp³-hybridized carbons (Fsp3) is 0.0909. The summed E-state index contributed by atoms with van der Waals surface area (Å²) < 4.78 is 6.42. The molecule has 6 nitrogen and oxygen atoms in total. The van der Waals surface area contributed by atoms with Gasteiger partial charge in [-0.05, 0) is 12.1 Å². The molecular weight excluding hydrogens is 220 g/mol. The van der Waals surface area contributed by atoms with Crippen molar-refractivity contribution in [1.29, 1.82) is 0 Å². The summed E-state index contributed by atoms with van der Waals surface area (Å²) in [6, 6.07) is 8.50. The summed E-state index contributed by atoms with van der Waals surface area (Å²) >= 11 is 0. The van der Waals surface area contributed by atoms with Crippen LogP contribution >= 0.6 is 0 Å². The van der Waals surface area contributed by atoms with E-state index in [4.69, 9.17) is 10.6 Å². The van der Waals surface area contributed by atoms with Crippen molar-refractivity contribution in [1.82, 2.24) is 9.78 Å². The molecular formula is C11H12N4O2. The Morgan fingerprint density at radius 2 is 2.18 bits per heavy atom. The third-order valence-electron chi connectivity index (χ3n) is 2.28. The molecule has 1 heterocycles. The summed E-state index contributed by atoms with van der Waals surface area (Å²) in [5.74, 6) is 5.78. The van der Waals surface area contributed by atoms with Gasteiger partial charge in [0, 0.05) is 6.07 Å². The molecule has 0 saturated heterocycles. The molecule has 1 aromatic heterocycles. The van der Waals surface area contributed by atoms with Gasteiger partial charge in [-0.1, -0.05) is 12.1 Å². The lowest BCUT2D eigenvalue weighted by atomic mass is 10.3. The number of hydrogen-bond donors (Lipinski definition) is 2. The van der Waals surface area contributed by atoms with E-state index in [9.17, 15) is 4.79 Å². The van der Waals surface area contributed by atoms with Crippen molar-refractivity contribution in [2.24, 2.45) is 5.84 Å². The SMILES string of the molecule is COc1ccccc1-n1ncc(NN)cc1=O. The minimum absolute atomic E-state index is 0.287. The zero-order valence-corrected chi connectivity index (χ0v) is 9.25. The van der Waals surface area contributed by atoms with Crippen molar-refractivity contribution in [3.63, 3.8) is 0 Å². The highest BCUT2D eigenvalue weighted by atomic mass is 16.5. The topological polar surface area (TPSA) is 82.2 Å². The van der Waals surface area contributed by atoms with Crippen LogP contribution in [0, 0.1) is 0 Å². The maximum absolute atomic E-state index is 11.8. The second-order valence-corrected chi connectivity index (χ2v) is 3.31. The van der Waals surface area contributed by atoms with Gasteiger partial charge in [0.1, 0.15) is 11.4 Å². The predicted octanol–water partition coefficient (Wildman–Crippen LogP) is 0.527. The Morgan fingerprint density at radius 1 is 1.41 bits per heavy atom. The van der Waals surface area contributed by atoms with Gasteiger partial charge in [0.05, 0.1) is 19.0 Å². The summed E-state index contributed by atoms with van der Waals surface area (Å²) in [5.41, 5.74) is 3.13. The van der Waals surface area contributed by atoms with Crippen LogP contribution in [0.25, 0.3) is 5.69 Å². The number of hydrogen-bond acceptors (Lipinski definition) is 5. The number of aromatic nitrogens is 2. The second-order valence-electron chi connectivity index (χ2n) is 3.31. The first-order valence-electron chi connectivity index (χ1n) is 4.95. The van der Waals surface area contributed by atoms with Crippen LogP contribution in [0.5, 0.6) is 5.75 Å². The molecule has 0 aliphatic heterocycles. The van der Waals surface area contributed by atoms with E-state index in [1.165, 1.54) is 16.9 Å². The summed E-state index contributed by atoms with van der Waals surface area (Å²) in [4.78, 5) is 11.8. The number of methoxy groups -OCH3 is 1. The fourth-order valence-electron chi connectivity index (χ4n) is 1.47. The Bertz CT molecular complexity index is 580. The van der Waals surface area contributed by atoms with Crippen molar-refractivity contribution in [3.05, 3.63) is 46.9 Å². The molecule has 0 saturated carbocycles. The average molecular weight is 232 g/mol. The van der Waals surface area contributed by atoms with Gasteiger partial charge in [-0.15, -0.1) is 0 Å². The monoisotopic (exact) mass is 232 g/mol. The summed E-state index contributed by atoms with van der Waals surface area (Å²) in [6.45, 7) is 0. The predicted molar refractivity (Wildman–Crippen MR) is 64.2 cm³/mol. The lowest BCUT2D eigenvalue weighted by Crippen LogP contribution is -2.22. The Hall–Kier alpha value is -2.34. The zero-order chi connectivity index (χ0) is 12.3. The molecule has 0 radical (unpaired) electrons. The highest BCUT2D eigenvalue weighted by molar-refractivity contribution is 5.47. The van der Waals surface area contributed by atoms with Gasteiger partial charge < -0.3 is 10.2 Å². The van der Waals surface area contributed by atoms with Crippen LogP contribution in [-0.2, 0) is 0 Å². The van der Waals surface area contributed by atoms with E-state index in [1.807, 2.05) is 6.07 Å². The zero-order valence-electron chi connectivity index (χ0n) is 9.25. The fourth-order valence-corrected chi connectivity index (χ4v) is 1.47. The molecule has 0 spiro atoms. The van der Waals surface area contributed by atoms with Crippen LogP contribution in [0.2, 0.25) is 0 Å². The highest BCUT2D eigenvalue weighted by Gasteiger charge is 2.07. The van der Waals surface area contributed by atoms with E-state index < -0.39 is 0 Å². The van der Waals surface area contributed by atoms with E-state index in [1.54, 1.807) is 25.3 Å². The largest absolute Gasteiger partial charge is 0.494 e. The number of ether oxygens (including phenoxy) is 1. The van der Waals surface area contributed by atoms with Crippen LogP contribution in [0.3, 0.4) is 0 Å². The molecule has 0 atom stereocenters. The minimum atomic E-state index is -0.287. The molecule has 0 bridgehead atoms. The Morgan fingerprint density at radius 3 is 2.82 bits per heavy atom. The van der Waals surface area contributed by atoms with E-state index in [0.717, 1.165) is 0 Å². The summed E-state index contributed by atoms with van der Waals surface area (Å²) in [5, 5.41) is 4.01. The standard InChI is InChI=1S/C11H12N4O2/c1-17-10-5-3-2-4-9(10)15-11(16)6-8(14-12)7-13-15/h2-7,14H,12H2,1H3. The molecule has 3 N–H and O–H groups in total. The third kappa shape index (κ3) is 2.11. The molecule has 0 unspecified atom stereocenters. The number of nitrogens with two attached hydrogens (primary N) is 1. The number of nitrogens with zero attached hydrogens (tertiary/aromatic N) is 2. The summed E-state index contributed by atoms with van der Waals surface area (Å²) in [6.07, 6.45) is 1.47. The first kappa shape index (κ1) is 11.2. The first-order valence-corrected chi connectivity index (χ1v) is 4.95. The molecule has 88 valence electrons. The minimum Gasteiger partial charge on any atom is -0.494 e. The third-order valence-corrected chi connectivity index (χ3v) is 2.28. The van der Waals surface area contributed by atoms with Gasteiger partial charge in [-0.3, -0.25) is 10.6 Å². The van der Waals surface area contributed by atoms with Crippen molar-refractivity contribution in [3.8, 4) is 11.4 Å². The number of rotatable bonds is 3. The Labute approximate surface area is 97.6 Å². The van der Waals surface area contributed by atoms with Crippen LogP contribution in [0.1, 0.15) is 0 Å². The van der Waals surface area contributed by atoms with Gasteiger partial charge in [0.15, 0.2) is 0 Å². The van der Waals surface area contributed by atoms with E-state index in [2.05, 4.69) is 10.5 Å². The molecule has 0 aliphatic carbocycles. The second kappa shape index (κ2) is 4.67. The number of para-hydroxylation sites is 2. The van der Waals surface area contributed by atoms with E-state index in [0.29, 0.717) is 17.1 Å². The van der Waals surface area contributed by atoms with E-state index in [-0.39, 0.29) is 5.56 Å².